The summed E-state index contributed by atoms with van der Waals surface area (Å²) in [5.74, 6) is -0.377. The average molecular weight is 944 g/mol. The van der Waals surface area contributed by atoms with Gasteiger partial charge in [-0.25, -0.2) is 0 Å². The van der Waals surface area contributed by atoms with E-state index in [0.29, 0.717) is 20.8 Å². The Morgan fingerprint density at radius 2 is 1.24 bits per heavy atom. The number of carboxylic acids is 3. The summed E-state index contributed by atoms with van der Waals surface area (Å²) in [4.78, 5) is 29.6. The summed E-state index contributed by atoms with van der Waals surface area (Å²) < 4.78 is 3.08. The minimum atomic E-state index is -1.06. The van der Waals surface area contributed by atoms with Crippen molar-refractivity contribution in [1.82, 2.24) is 0 Å². The first kappa shape index (κ1) is 65.1. The predicted octanol–water partition coefficient (Wildman–Crippen LogP) is -1.82. The molecule has 0 saturated heterocycles. The monoisotopic (exact) mass is 942 g/mol. The zero-order valence-electron chi connectivity index (χ0n) is 25.5. The number of carbonyl (C=O) groups excluding carboxylic acids is 1. The molecule has 0 spiro atoms. The van der Waals surface area contributed by atoms with Gasteiger partial charge >= 0.3 is 166 Å². The fourth-order valence-corrected chi connectivity index (χ4v) is 5.47. The molecule has 0 unspecified atom stereocenters. The minimum Gasteiger partial charge on any atom is -0.870 e. The van der Waals surface area contributed by atoms with Crippen LogP contribution in [0.5, 0.6) is 0 Å². The van der Waals surface area contributed by atoms with Gasteiger partial charge in [-0.1, -0.05) is 92.3 Å². The first-order valence-corrected chi connectivity index (χ1v) is 18.2. The number of carboxylic acid groups (broad SMARTS) is 3. The predicted molar refractivity (Wildman–Crippen MR) is 207 cm³/mol. The van der Waals surface area contributed by atoms with Crippen molar-refractivity contribution in [3.8, 4) is 0 Å². The third-order valence-electron chi connectivity index (χ3n) is 3.58. The molecule has 0 radical (unpaired) electrons. The van der Waals surface area contributed by atoms with Crippen molar-refractivity contribution in [3.05, 3.63) is 71.8 Å². The number of thioether (sulfide) groups is 3. The first-order valence-electron chi connectivity index (χ1n) is 11.4. The van der Waals surface area contributed by atoms with Crippen molar-refractivity contribution in [2.24, 2.45) is 0 Å². The van der Waals surface area contributed by atoms with Gasteiger partial charge in [0.05, 0.1) is 12.8 Å². The zero-order chi connectivity index (χ0) is 32.6. The van der Waals surface area contributed by atoms with Crippen LogP contribution in [0.2, 0.25) is 0 Å². The summed E-state index contributed by atoms with van der Waals surface area (Å²) in [6, 6.07) is 20.4. The van der Waals surface area contributed by atoms with Gasteiger partial charge in [0.25, 0.3) is 0 Å². The summed E-state index contributed by atoms with van der Waals surface area (Å²) in [5, 5.41) is 27.1. The van der Waals surface area contributed by atoms with E-state index in [1.165, 1.54) is 34.7 Å². The third-order valence-corrected chi connectivity index (χ3v) is 8.58. The van der Waals surface area contributed by atoms with E-state index >= 15 is 0 Å². The van der Waals surface area contributed by atoms with E-state index in [2.05, 4.69) is 102 Å². The van der Waals surface area contributed by atoms with Crippen LogP contribution < -0.4 is 159 Å². The number of aliphatic carboxylic acids is 3. The molecule has 0 aliphatic carbocycles. The molecule has 0 aliphatic rings. The number of thiol groups is 1. The number of rotatable bonds is 11. The van der Waals surface area contributed by atoms with E-state index in [-0.39, 0.29) is 180 Å². The van der Waals surface area contributed by atoms with Gasteiger partial charge in [0.1, 0.15) is 3.53 Å². The van der Waals surface area contributed by atoms with E-state index in [9.17, 15) is 19.5 Å². The number of benzene rings is 2. The van der Waals surface area contributed by atoms with E-state index in [4.69, 9.17) is 22.4 Å². The normalized spacial score (nSPS) is 8.04. The van der Waals surface area contributed by atoms with Crippen LogP contribution in [0.1, 0.15) is 31.8 Å². The van der Waals surface area contributed by atoms with Crippen LogP contribution in [0.15, 0.2) is 60.7 Å². The van der Waals surface area contributed by atoms with Crippen LogP contribution in [0.4, 0.5) is 0 Å². The smallest absolute Gasteiger partial charge is 0.870 e. The summed E-state index contributed by atoms with van der Waals surface area (Å²) in [6.07, 6.45) is 0.335. The average Bonchev–Trinajstić information content (AvgIpc) is 2.94. The molecule has 0 saturated carbocycles. The maximum Gasteiger partial charge on any atom is 1.00 e. The quantitative estimate of drug-likeness (QED) is 0.0765. The summed E-state index contributed by atoms with van der Waals surface area (Å²) in [7, 11) is 0. The van der Waals surface area contributed by atoms with Gasteiger partial charge in [0, 0.05) is 40.1 Å². The fraction of sp³-hybridized carbons (Fsp3) is 0.308. The zero-order valence-corrected chi connectivity index (χ0v) is 43.9. The van der Waals surface area contributed by atoms with Crippen molar-refractivity contribution >= 4 is 155 Å². The molecule has 0 aromatic heterocycles. The molecule has 2 aromatic carbocycles. The molecule has 2 rings (SSSR count). The van der Waals surface area contributed by atoms with E-state index in [0.717, 1.165) is 14.6 Å². The van der Waals surface area contributed by atoms with Gasteiger partial charge in [-0.15, -0.1) is 35.3 Å². The summed E-state index contributed by atoms with van der Waals surface area (Å²) in [6.45, 7) is 0. The molecule has 46 heavy (non-hydrogen) atoms. The Kier molecular flexibility index (Phi) is 72.7. The van der Waals surface area contributed by atoms with E-state index in [1.54, 1.807) is 11.8 Å². The molecule has 0 heterocycles. The number of hydrogen-bond acceptors (Lipinski definition) is 14. The van der Waals surface area contributed by atoms with Crippen LogP contribution in [-0.2, 0) is 38.1 Å². The third kappa shape index (κ3) is 60.3. The Morgan fingerprint density at radius 3 is 1.54 bits per heavy atom. The Bertz CT molecular complexity index is 1070. The molecule has 0 atom stereocenters. The molecule has 0 fully saturated rings. The molecule has 3 N–H and O–H groups in total. The fourth-order valence-electron chi connectivity index (χ4n) is 1.86. The van der Waals surface area contributed by atoms with Gasteiger partial charge in [-0.2, -0.15) is 12.6 Å². The van der Waals surface area contributed by atoms with Crippen molar-refractivity contribution in [2.45, 2.75) is 30.3 Å². The van der Waals surface area contributed by atoms with E-state index < -0.39 is 17.9 Å². The van der Waals surface area contributed by atoms with Crippen LogP contribution in [-0.4, -0.2) is 62.2 Å². The molecule has 0 aliphatic heterocycles. The molecule has 0 bridgehead atoms. The van der Waals surface area contributed by atoms with Gasteiger partial charge in [0.15, 0.2) is 0 Å². The first-order chi connectivity index (χ1) is 19.9. The van der Waals surface area contributed by atoms with Crippen LogP contribution in [0.3, 0.4) is 0 Å². The number of thiocarbonyl (C=S) groups is 4. The topological polar surface area (TPSA) is 145 Å². The second kappa shape index (κ2) is 51.3. The van der Waals surface area contributed by atoms with Crippen LogP contribution in [0, 0.1) is 0 Å². The second-order valence-electron chi connectivity index (χ2n) is 6.81. The maximum absolute atomic E-state index is 10.3. The Hall–Kier alpha value is 4.22. The number of carbonyl (C=O) groups is 3. The number of hydrogen-bond donors (Lipinski definition) is 3. The van der Waals surface area contributed by atoms with Gasteiger partial charge in [-0.3, -0.25) is 9.59 Å². The Labute approximate surface area is 454 Å². The van der Waals surface area contributed by atoms with Crippen molar-refractivity contribution in [1.29, 1.82) is 0 Å². The van der Waals surface area contributed by atoms with Gasteiger partial charge < -0.3 is 50.4 Å². The summed E-state index contributed by atoms with van der Waals surface area (Å²) in [5.41, 5.74) is 2.56. The van der Waals surface area contributed by atoms with Crippen molar-refractivity contribution < 1.29 is 191 Å². The molecule has 0 amide bonds. The van der Waals surface area contributed by atoms with Gasteiger partial charge in [-0.05, 0) is 42.0 Å². The van der Waals surface area contributed by atoms with Crippen LogP contribution >= 0.6 is 113 Å². The van der Waals surface area contributed by atoms with Crippen molar-refractivity contribution in [3.63, 3.8) is 0 Å². The molecule has 242 valence electrons. The largest absolute Gasteiger partial charge is 1.00 e. The van der Waals surface area contributed by atoms with Gasteiger partial charge in [0.2, 0.25) is 0 Å². The molecule has 7 nitrogen and oxygen atoms in total. The standard InChI is InChI=1S/C11H12O2S3.C7H7Br.C4H6O2S3.C3H6O2S.CS2.3K.H2O.H2/c12-10(13)6-7-15-11(14)16-8-9-4-2-1-3-5-9;8-6-7-4-2-1-3-5-7;5-3(6)1-2-9-4(7)8;4-3(5)1-2-6;2-1-3;;;;;/h1-5H,6-8H2,(H,12,13);1-5H,6H2;1-2H2,(H,5,6)(H,7,8);6H,1-2H2,(H,4,5);;;;;1H2;1H/q;;;;;3*+1;;/p-3/i;;;;;;;;;1+2. The second-order valence-corrected chi connectivity index (χ2v) is 14.5. The molecule has 2 aromatic rings. The number of halogens is 1. The minimum absolute atomic E-state index is 0. The maximum atomic E-state index is 10.3. The SMILES string of the molecule is BrCc1ccccc1.O=C(O)CCS.O=C(O)CCSC(=S)SCc1ccccc1.O=C([O-])CCSC(=S)[S-].S=C=S.[3HH].[K+].[K+].[K+].[OH-]. The molecule has 20 heteroatoms. The molecular weight excluding hydrogens is 910 g/mol. The molecular formula is C26H32BrK3O7S9. The van der Waals surface area contributed by atoms with Crippen LogP contribution in [0.25, 0.3) is 0 Å². The van der Waals surface area contributed by atoms with Crippen molar-refractivity contribution in [2.75, 3.05) is 17.3 Å². The number of alkyl halides is 1. The summed E-state index contributed by atoms with van der Waals surface area (Å²) >= 11 is 33.3. The Balaban J connectivity index is -0.0000000714. The Morgan fingerprint density at radius 1 is 0.826 bits per heavy atom. The van der Waals surface area contributed by atoms with E-state index in [1.807, 2.05) is 40.7 Å².